The van der Waals surface area contributed by atoms with Crippen molar-refractivity contribution in [2.24, 2.45) is 0 Å². The summed E-state index contributed by atoms with van der Waals surface area (Å²) in [5.74, 6) is -1.44. The molecule has 4 nitrogen and oxygen atoms in total. The van der Waals surface area contributed by atoms with Gasteiger partial charge in [-0.15, -0.1) is 0 Å². The Kier molecular flexibility index (Phi) is 5.80. The Balaban J connectivity index is 2.66. The standard InChI is InChI=1S/C19H12BrFN2O2/c1-11(24)16-3-2-12(9-22)4-14(16)7-15-5-13(10-23)6-17(21)19(15)18(25)8-20/h2-6H,7-8H2,1H3. The van der Waals surface area contributed by atoms with Crippen LogP contribution in [0.1, 0.15) is 49.9 Å². The maximum Gasteiger partial charge on any atom is 0.176 e. The summed E-state index contributed by atoms with van der Waals surface area (Å²) in [5.41, 5.74) is 1.51. The Bertz CT molecular complexity index is 955. The van der Waals surface area contributed by atoms with Crippen LogP contribution in [0.5, 0.6) is 0 Å². The molecule has 0 heterocycles. The maximum absolute atomic E-state index is 14.3. The number of rotatable bonds is 5. The van der Waals surface area contributed by atoms with Crippen LogP contribution < -0.4 is 0 Å². The van der Waals surface area contributed by atoms with Gasteiger partial charge in [-0.05, 0) is 54.8 Å². The van der Waals surface area contributed by atoms with E-state index in [0.717, 1.165) is 6.07 Å². The third kappa shape index (κ3) is 3.99. The molecule has 0 fully saturated rings. The summed E-state index contributed by atoms with van der Waals surface area (Å²) < 4.78 is 14.3. The average molecular weight is 399 g/mol. The molecule has 2 aromatic rings. The van der Waals surface area contributed by atoms with Crippen molar-refractivity contribution >= 4 is 27.5 Å². The minimum absolute atomic E-state index is 0.0605. The van der Waals surface area contributed by atoms with Gasteiger partial charge in [0, 0.05) is 5.56 Å². The fourth-order valence-electron chi connectivity index (χ4n) is 2.60. The highest BCUT2D eigenvalue weighted by Crippen LogP contribution is 2.24. The van der Waals surface area contributed by atoms with E-state index in [2.05, 4.69) is 15.9 Å². The SMILES string of the molecule is CC(=O)c1ccc(C#N)cc1Cc1cc(C#N)cc(F)c1C(=O)CBr. The van der Waals surface area contributed by atoms with E-state index in [4.69, 9.17) is 10.5 Å². The van der Waals surface area contributed by atoms with Crippen molar-refractivity contribution in [3.8, 4) is 12.1 Å². The van der Waals surface area contributed by atoms with Gasteiger partial charge in [-0.25, -0.2) is 4.39 Å². The molecule has 0 aliphatic rings. The Morgan fingerprint density at radius 1 is 1.08 bits per heavy atom. The number of halogens is 2. The van der Waals surface area contributed by atoms with Crippen LogP contribution >= 0.6 is 15.9 Å². The van der Waals surface area contributed by atoms with Crippen LogP contribution in [0.3, 0.4) is 0 Å². The van der Waals surface area contributed by atoms with Crippen LogP contribution in [0.4, 0.5) is 4.39 Å². The first kappa shape index (κ1) is 18.5. The van der Waals surface area contributed by atoms with Crippen LogP contribution in [0, 0.1) is 28.5 Å². The van der Waals surface area contributed by atoms with E-state index in [9.17, 15) is 14.0 Å². The number of carbonyl (C=O) groups excluding carboxylic acids is 2. The van der Waals surface area contributed by atoms with E-state index in [0.29, 0.717) is 22.3 Å². The summed E-state index contributed by atoms with van der Waals surface area (Å²) in [6, 6.07) is 10.9. The zero-order valence-electron chi connectivity index (χ0n) is 13.3. The summed E-state index contributed by atoms with van der Waals surface area (Å²) in [5, 5.41) is 18.1. The van der Waals surface area contributed by atoms with E-state index < -0.39 is 11.6 Å². The summed E-state index contributed by atoms with van der Waals surface area (Å²) in [6.45, 7) is 1.39. The van der Waals surface area contributed by atoms with Gasteiger partial charge in [0.25, 0.3) is 0 Å². The molecule has 0 saturated heterocycles. The lowest BCUT2D eigenvalue weighted by Crippen LogP contribution is -2.11. The van der Waals surface area contributed by atoms with Crippen LogP contribution in [0.25, 0.3) is 0 Å². The Morgan fingerprint density at radius 3 is 2.28 bits per heavy atom. The molecule has 0 aliphatic heterocycles. The Morgan fingerprint density at radius 2 is 1.72 bits per heavy atom. The van der Waals surface area contributed by atoms with Crippen LogP contribution in [-0.2, 0) is 6.42 Å². The molecule has 0 bridgehead atoms. The van der Waals surface area contributed by atoms with Crippen LogP contribution in [-0.4, -0.2) is 16.9 Å². The van der Waals surface area contributed by atoms with E-state index >= 15 is 0 Å². The number of Topliss-reactive ketones (excluding diaryl/α,β-unsaturated/α-hetero) is 2. The number of benzene rings is 2. The van der Waals surface area contributed by atoms with Crippen molar-refractivity contribution in [2.45, 2.75) is 13.3 Å². The zero-order chi connectivity index (χ0) is 18.6. The maximum atomic E-state index is 14.3. The monoisotopic (exact) mass is 398 g/mol. The molecule has 2 aromatic carbocycles. The number of alkyl halides is 1. The molecular formula is C19H12BrFN2O2. The smallest absolute Gasteiger partial charge is 0.176 e. The van der Waals surface area contributed by atoms with Crippen molar-refractivity contribution in [3.05, 3.63) is 69.5 Å². The number of hydrogen-bond acceptors (Lipinski definition) is 4. The molecule has 0 unspecified atom stereocenters. The predicted molar refractivity (Wildman–Crippen MR) is 93.2 cm³/mol. The third-order valence-electron chi connectivity index (χ3n) is 3.70. The topological polar surface area (TPSA) is 81.7 Å². The van der Waals surface area contributed by atoms with Gasteiger partial charge in [0.15, 0.2) is 11.6 Å². The average Bonchev–Trinajstić information content (AvgIpc) is 2.60. The normalized spacial score (nSPS) is 9.96. The minimum Gasteiger partial charge on any atom is -0.295 e. The van der Waals surface area contributed by atoms with Crippen LogP contribution in [0.2, 0.25) is 0 Å². The summed E-state index contributed by atoms with van der Waals surface area (Å²) in [7, 11) is 0. The fourth-order valence-corrected chi connectivity index (χ4v) is 2.89. The van der Waals surface area contributed by atoms with E-state index in [1.54, 1.807) is 0 Å². The summed E-state index contributed by atoms with van der Waals surface area (Å²) in [6.07, 6.45) is 0.0605. The highest BCUT2D eigenvalue weighted by molar-refractivity contribution is 9.09. The molecule has 0 N–H and O–H groups in total. The van der Waals surface area contributed by atoms with Crippen LogP contribution in [0.15, 0.2) is 30.3 Å². The van der Waals surface area contributed by atoms with Gasteiger partial charge >= 0.3 is 0 Å². The molecule has 0 aromatic heterocycles. The largest absolute Gasteiger partial charge is 0.295 e. The molecule has 124 valence electrons. The molecule has 6 heteroatoms. The fraction of sp³-hybridized carbons (Fsp3) is 0.158. The summed E-state index contributed by atoms with van der Waals surface area (Å²) in [4.78, 5) is 23.9. The van der Waals surface area contributed by atoms with Crippen molar-refractivity contribution in [2.75, 3.05) is 5.33 Å². The second-order valence-corrected chi connectivity index (χ2v) is 5.94. The summed E-state index contributed by atoms with van der Waals surface area (Å²) >= 11 is 3.02. The third-order valence-corrected chi connectivity index (χ3v) is 4.21. The minimum atomic E-state index is -0.778. The zero-order valence-corrected chi connectivity index (χ0v) is 14.9. The molecule has 0 atom stereocenters. The van der Waals surface area contributed by atoms with Gasteiger partial charge in [0.2, 0.25) is 0 Å². The van der Waals surface area contributed by atoms with E-state index in [1.165, 1.54) is 31.2 Å². The first-order valence-electron chi connectivity index (χ1n) is 7.27. The van der Waals surface area contributed by atoms with Crippen molar-refractivity contribution in [1.82, 2.24) is 0 Å². The lowest BCUT2D eigenvalue weighted by atomic mass is 9.91. The Hall–Kier alpha value is -2.83. The van der Waals surface area contributed by atoms with Gasteiger partial charge in [-0.3, -0.25) is 9.59 Å². The predicted octanol–water partition coefficient (Wildman–Crippen LogP) is 3.94. The highest BCUT2D eigenvalue weighted by Gasteiger charge is 2.19. The number of hydrogen-bond donors (Lipinski definition) is 0. The molecule has 0 radical (unpaired) electrons. The molecule has 25 heavy (non-hydrogen) atoms. The molecule has 0 spiro atoms. The van der Waals surface area contributed by atoms with Gasteiger partial charge in [-0.1, -0.05) is 15.9 Å². The second kappa shape index (κ2) is 7.83. The van der Waals surface area contributed by atoms with Gasteiger partial charge in [-0.2, -0.15) is 10.5 Å². The molecule has 0 amide bonds. The first-order chi connectivity index (χ1) is 11.9. The molecular weight excluding hydrogens is 387 g/mol. The number of nitriles is 2. The van der Waals surface area contributed by atoms with Crippen molar-refractivity contribution < 1.29 is 14.0 Å². The number of carbonyl (C=O) groups is 2. The lowest BCUT2D eigenvalue weighted by Gasteiger charge is -2.12. The molecule has 2 rings (SSSR count). The van der Waals surface area contributed by atoms with Gasteiger partial charge < -0.3 is 0 Å². The second-order valence-electron chi connectivity index (χ2n) is 5.38. The Labute approximate surface area is 152 Å². The van der Waals surface area contributed by atoms with E-state index in [1.807, 2.05) is 12.1 Å². The molecule has 0 saturated carbocycles. The van der Waals surface area contributed by atoms with Gasteiger partial charge in [0.1, 0.15) is 5.82 Å². The highest BCUT2D eigenvalue weighted by atomic mass is 79.9. The molecule has 0 aliphatic carbocycles. The quantitative estimate of drug-likeness (QED) is 0.563. The van der Waals surface area contributed by atoms with Crippen molar-refractivity contribution in [1.29, 1.82) is 10.5 Å². The lowest BCUT2D eigenvalue weighted by molar-refractivity contribution is 0.101. The van der Waals surface area contributed by atoms with E-state index in [-0.39, 0.29) is 28.7 Å². The number of nitrogens with zero attached hydrogens (tertiary/aromatic N) is 2. The van der Waals surface area contributed by atoms with Gasteiger partial charge in [0.05, 0.1) is 34.2 Å². The van der Waals surface area contributed by atoms with Crippen molar-refractivity contribution in [3.63, 3.8) is 0 Å². The number of ketones is 2. The first-order valence-corrected chi connectivity index (χ1v) is 8.39.